The Balaban J connectivity index is 1.85. The minimum atomic E-state index is 0.183. The molecule has 2 aliphatic rings. The Bertz CT molecular complexity index is 265. The molecule has 0 bridgehead atoms. The molecule has 1 heterocycles. The molecule has 17 heavy (non-hydrogen) atoms. The summed E-state index contributed by atoms with van der Waals surface area (Å²) in [4.78, 5) is 14.1. The van der Waals surface area contributed by atoms with E-state index in [-0.39, 0.29) is 5.91 Å². The minimum Gasteiger partial charge on any atom is -0.352 e. The van der Waals surface area contributed by atoms with Gasteiger partial charge >= 0.3 is 0 Å². The van der Waals surface area contributed by atoms with E-state index in [1.165, 1.54) is 19.3 Å². The molecule has 4 heteroatoms. The van der Waals surface area contributed by atoms with E-state index in [0.717, 1.165) is 19.4 Å². The van der Waals surface area contributed by atoms with Gasteiger partial charge in [0, 0.05) is 18.6 Å². The smallest absolute Gasteiger partial charge is 0.234 e. The molecule has 1 aliphatic carbocycles. The first kappa shape index (κ1) is 12.8. The normalized spacial score (nSPS) is 30.2. The van der Waals surface area contributed by atoms with Crippen molar-refractivity contribution in [2.75, 3.05) is 19.6 Å². The van der Waals surface area contributed by atoms with Crippen molar-refractivity contribution in [1.29, 1.82) is 0 Å². The second-order valence-electron chi connectivity index (χ2n) is 5.43. The molecule has 0 aromatic heterocycles. The minimum absolute atomic E-state index is 0.183. The van der Waals surface area contributed by atoms with Crippen molar-refractivity contribution in [2.45, 2.75) is 51.1 Å². The number of hydrogen-bond donors (Lipinski definition) is 2. The van der Waals surface area contributed by atoms with Gasteiger partial charge in [0.25, 0.3) is 0 Å². The number of nitrogens with two attached hydrogens (primary N) is 1. The molecule has 0 aromatic carbocycles. The Morgan fingerprint density at radius 1 is 1.41 bits per heavy atom. The van der Waals surface area contributed by atoms with Gasteiger partial charge in [-0.2, -0.15) is 0 Å². The molecule has 3 N–H and O–H groups in total. The lowest BCUT2D eigenvalue weighted by molar-refractivity contribution is -0.123. The van der Waals surface area contributed by atoms with Crippen LogP contribution in [0.15, 0.2) is 0 Å². The van der Waals surface area contributed by atoms with E-state index in [9.17, 15) is 4.79 Å². The monoisotopic (exact) mass is 239 g/mol. The van der Waals surface area contributed by atoms with Gasteiger partial charge < -0.3 is 11.1 Å². The molecule has 0 radical (unpaired) electrons. The lowest BCUT2D eigenvalue weighted by atomic mass is 9.87. The number of rotatable bonds is 5. The quantitative estimate of drug-likeness (QED) is 0.743. The highest BCUT2D eigenvalue weighted by Crippen LogP contribution is 2.25. The number of hydrogen-bond acceptors (Lipinski definition) is 3. The zero-order chi connectivity index (χ0) is 12.3. The van der Waals surface area contributed by atoms with E-state index in [0.29, 0.717) is 31.1 Å². The van der Waals surface area contributed by atoms with Crippen LogP contribution in [0.25, 0.3) is 0 Å². The number of carbonyl (C=O) groups is 1. The molecule has 1 saturated heterocycles. The largest absolute Gasteiger partial charge is 0.352 e. The summed E-state index contributed by atoms with van der Waals surface area (Å²) in [7, 11) is 0. The maximum Gasteiger partial charge on any atom is 0.234 e. The van der Waals surface area contributed by atoms with Crippen molar-refractivity contribution < 1.29 is 4.79 Å². The maximum atomic E-state index is 11.8. The first-order chi connectivity index (χ1) is 8.24. The zero-order valence-electron chi connectivity index (χ0n) is 10.8. The Morgan fingerprint density at radius 3 is 2.76 bits per heavy atom. The second kappa shape index (κ2) is 5.83. The highest BCUT2D eigenvalue weighted by molar-refractivity contribution is 5.78. The highest BCUT2D eigenvalue weighted by Gasteiger charge is 2.31. The summed E-state index contributed by atoms with van der Waals surface area (Å²) in [6.07, 6.45) is 5.95. The van der Waals surface area contributed by atoms with Crippen molar-refractivity contribution in [3.63, 3.8) is 0 Å². The number of nitrogens with one attached hydrogen (secondary N) is 1. The van der Waals surface area contributed by atoms with Gasteiger partial charge in [-0.15, -0.1) is 0 Å². The van der Waals surface area contributed by atoms with Crippen LogP contribution in [0.1, 0.15) is 39.0 Å². The predicted octanol–water partition coefficient (Wildman–Crippen LogP) is 0.714. The molecule has 4 nitrogen and oxygen atoms in total. The van der Waals surface area contributed by atoms with E-state index < -0.39 is 0 Å². The van der Waals surface area contributed by atoms with Crippen molar-refractivity contribution >= 4 is 5.91 Å². The van der Waals surface area contributed by atoms with Crippen LogP contribution in [0.4, 0.5) is 0 Å². The molecule has 1 amide bonds. The summed E-state index contributed by atoms with van der Waals surface area (Å²) in [5.41, 5.74) is 5.88. The van der Waals surface area contributed by atoms with Gasteiger partial charge in [-0.05, 0) is 38.1 Å². The summed E-state index contributed by atoms with van der Waals surface area (Å²) in [6, 6.07) is 0.865. The van der Waals surface area contributed by atoms with Crippen molar-refractivity contribution in [3.05, 3.63) is 0 Å². The fourth-order valence-corrected chi connectivity index (χ4v) is 2.91. The van der Waals surface area contributed by atoms with Gasteiger partial charge in [0.05, 0.1) is 6.54 Å². The summed E-state index contributed by atoms with van der Waals surface area (Å²) >= 11 is 0. The highest BCUT2D eigenvalue weighted by atomic mass is 16.2. The number of carbonyl (C=O) groups excluding carboxylic acids is 1. The first-order valence-corrected chi connectivity index (χ1v) is 6.98. The molecule has 0 spiro atoms. The molecular weight excluding hydrogens is 214 g/mol. The number of likely N-dealkylation sites (tertiary alicyclic amines) is 1. The van der Waals surface area contributed by atoms with Crippen LogP contribution in [0, 0.1) is 5.92 Å². The van der Waals surface area contributed by atoms with Crippen LogP contribution >= 0.6 is 0 Å². The molecule has 1 aliphatic heterocycles. The average molecular weight is 239 g/mol. The summed E-state index contributed by atoms with van der Waals surface area (Å²) in [6.45, 7) is 4.46. The Kier molecular flexibility index (Phi) is 4.40. The van der Waals surface area contributed by atoms with E-state index >= 15 is 0 Å². The number of amides is 1. The number of nitrogens with zero attached hydrogens (tertiary/aromatic N) is 1. The summed E-state index contributed by atoms with van der Waals surface area (Å²) < 4.78 is 0. The SMILES string of the molecule is CCC1CCCN(CC(=O)NC2CC2)C1CN. The van der Waals surface area contributed by atoms with Crippen LogP contribution in [0.5, 0.6) is 0 Å². The van der Waals surface area contributed by atoms with Gasteiger partial charge in [0.2, 0.25) is 5.91 Å². The van der Waals surface area contributed by atoms with Crippen LogP contribution in [0.3, 0.4) is 0 Å². The van der Waals surface area contributed by atoms with Gasteiger partial charge in [0.1, 0.15) is 0 Å². The van der Waals surface area contributed by atoms with E-state index in [1.807, 2.05) is 0 Å². The molecule has 2 rings (SSSR count). The third-order valence-corrected chi connectivity index (χ3v) is 4.09. The first-order valence-electron chi connectivity index (χ1n) is 6.98. The molecule has 2 atom stereocenters. The Labute approximate surface area is 104 Å². The fraction of sp³-hybridized carbons (Fsp3) is 0.923. The molecular formula is C13H25N3O. The van der Waals surface area contributed by atoms with Crippen LogP contribution in [-0.2, 0) is 4.79 Å². The van der Waals surface area contributed by atoms with E-state index in [2.05, 4.69) is 17.1 Å². The van der Waals surface area contributed by atoms with Crippen molar-refractivity contribution in [3.8, 4) is 0 Å². The lowest BCUT2D eigenvalue weighted by Crippen LogP contribution is -2.52. The maximum absolute atomic E-state index is 11.8. The Morgan fingerprint density at radius 2 is 2.18 bits per heavy atom. The average Bonchev–Trinajstić information content (AvgIpc) is 3.12. The van der Waals surface area contributed by atoms with Gasteiger partial charge in [-0.1, -0.05) is 13.3 Å². The predicted molar refractivity (Wildman–Crippen MR) is 68.6 cm³/mol. The Hall–Kier alpha value is -0.610. The summed E-state index contributed by atoms with van der Waals surface area (Å²) in [5, 5.41) is 3.06. The molecule has 2 fully saturated rings. The van der Waals surface area contributed by atoms with Crippen LogP contribution in [-0.4, -0.2) is 42.5 Å². The third kappa shape index (κ3) is 3.42. The standard InChI is InChI=1S/C13H25N3O/c1-2-10-4-3-7-16(12(10)8-14)9-13(17)15-11-5-6-11/h10-12H,2-9,14H2,1H3,(H,15,17). The molecule has 0 aromatic rings. The van der Waals surface area contributed by atoms with Crippen LogP contribution in [0.2, 0.25) is 0 Å². The molecule has 1 saturated carbocycles. The van der Waals surface area contributed by atoms with Gasteiger partial charge in [-0.25, -0.2) is 0 Å². The van der Waals surface area contributed by atoms with Crippen LogP contribution < -0.4 is 11.1 Å². The third-order valence-electron chi connectivity index (χ3n) is 4.09. The lowest BCUT2D eigenvalue weighted by Gasteiger charge is -2.40. The van der Waals surface area contributed by atoms with Gasteiger partial charge in [-0.3, -0.25) is 9.69 Å². The van der Waals surface area contributed by atoms with Gasteiger partial charge in [0.15, 0.2) is 0 Å². The molecule has 2 unspecified atom stereocenters. The van der Waals surface area contributed by atoms with E-state index in [4.69, 9.17) is 5.73 Å². The topological polar surface area (TPSA) is 58.4 Å². The summed E-state index contributed by atoms with van der Waals surface area (Å²) in [5.74, 6) is 0.852. The van der Waals surface area contributed by atoms with Crippen molar-refractivity contribution in [1.82, 2.24) is 10.2 Å². The van der Waals surface area contributed by atoms with E-state index in [1.54, 1.807) is 0 Å². The second-order valence-corrected chi connectivity index (χ2v) is 5.43. The fourth-order valence-electron chi connectivity index (χ4n) is 2.91. The molecule has 98 valence electrons. The van der Waals surface area contributed by atoms with Crippen molar-refractivity contribution in [2.24, 2.45) is 11.7 Å². The zero-order valence-corrected chi connectivity index (χ0v) is 10.8. The number of piperidine rings is 1.